The summed E-state index contributed by atoms with van der Waals surface area (Å²) in [5.41, 5.74) is -0.428. The number of rotatable bonds is 5. The largest absolute Gasteiger partial charge is 0.480 e. The molecule has 104 valence electrons. The molecule has 0 aromatic heterocycles. The summed E-state index contributed by atoms with van der Waals surface area (Å²) >= 11 is 0. The Hall–Kier alpha value is -2.04. The smallest absolute Gasteiger partial charge is 0.411 e. The molecule has 19 heavy (non-hydrogen) atoms. The van der Waals surface area contributed by atoms with Crippen LogP contribution in [0.25, 0.3) is 0 Å². The minimum absolute atomic E-state index is 0.131. The van der Waals surface area contributed by atoms with Crippen LogP contribution in [0.2, 0.25) is 0 Å². The fourth-order valence-corrected chi connectivity index (χ4v) is 1.67. The number of amides is 1. The van der Waals surface area contributed by atoms with Crippen molar-refractivity contribution < 1.29 is 19.4 Å². The van der Waals surface area contributed by atoms with Crippen LogP contribution in [0.3, 0.4) is 0 Å². The van der Waals surface area contributed by atoms with Crippen molar-refractivity contribution in [1.29, 1.82) is 0 Å². The summed E-state index contributed by atoms with van der Waals surface area (Å²) in [5, 5.41) is 9.13. The monoisotopic (exact) mass is 265 g/mol. The Balaban J connectivity index is 2.68. The molecule has 1 aromatic rings. The van der Waals surface area contributed by atoms with Crippen LogP contribution < -0.4 is 0 Å². The molecule has 5 nitrogen and oxygen atoms in total. The fourth-order valence-electron chi connectivity index (χ4n) is 1.67. The van der Waals surface area contributed by atoms with Gasteiger partial charge in [0.25, 0.3) is 0 Å². The van der Waals surface area contributed by atoms with Crippen LogP contribution in [0.1, 0.15) is 26.3 Å². The summed E-state index contributed by atoms with van der Waals surface area (Å²) in [7, 11) is 0. The van der Waals surface area contributed by atoms with E-state index in [9.17, 15) is 9.59 Å². The van der Waals surface area contributed by atoms with E-state index in [0.717, 1.165) is 5.56 Å². The molecule has 0 heterocycles. The van der Waals surface area contributed by atoms with Gasteiger partial charge in [-0.05, 0) is 26.3 Å². The molecule has 1 N–H and O–H groups in total. The highest BCUT2D eigenvalue weighted by molar-refractivity contribution is 5.83. The lowest BCUT2D eigenvalue weighted by molar-refractivity contribution is -0.148. The third kappa shape index (κ3) is 3.71. The lowest BCUT2D eigenvalue weighted by atomic mass is 10.0. The number of benzene rings is 1. The second kappa shape index (κ2) is 6.22. The second-order valence-corrected chi connectivity index (χ2v) is 4.65. The van der Waals surface area contributed by atoms with Crippen molar-refractivity contribution in [2.45, 2.75) is 32.9 Å². The molecule has 0 radical (unpaired) electrons. The zero-order chi connectivity index (χ0) is 14.5. The average Bonchev–Trinajstić information content (AvgIpc) is 2.38. The highest BCUT2D eigenvalue weighted by Crippen LogP contribution is 2.16. The van der Waals surface area contributed by atoms with Crippen LogP contribution in [0.4, 0.5) is 4.79 Å². The minimum atomic E-state index is -1.29. The maximum atomic E-state index is 11.9. The predicted octanol–water partition coefficient (Wildman–Crippen LogP) is 2.51. The topological polar surface area (TPSA) is 66.8 Å². The molecule has 0 aliphatic rings. The van der Waals surface area contributed by atoms with Crippen LogP contribution in [0, 0.1) is 0 Å². The molecular formula is C14H19NO4. The van der Waals surface area contributed by atoms with Gasteiger partial charge in [-0.3, -0.25) is 4.90 Å². The first-order valence-corrected chi connectivity index (χ1v) is 6.11. The zero-order valence-electron chi connectivity index (χ0n) is 11.4. The molecule has 0 saturated heterocycles. The summed E-state index contributed by atoms with van der Waals surface area (Å²) in [6, 6.07) is 9.25. The lowest BCUT2D eigenvalue weighted by Crippen LogP contribution is -2.53. The van der Waals surface area contributed by atoms with Crippen LogP contribution >= 0.6 is 0 Å². The van der Waals surface area contributed by atoms with Crippen LogP contribution in [-0.2, 0) is 16.1 Å². The van der Waals surface area contributed by atoms with Crippen LogP contribution in [0.15, 0.2) is 30.3 Å². The van der Waals surface area contributed by atoms with E-state index < -0.39 is 17.6 Å². The molecule has 0 bridgehead atoms. The summed E-state index contributed by atoms with van der Waals surface area (Å²) in [4.78, 5) is 24.3. The Kier molecular flexibility index (Phi) is 4.92. The van der Waals surface area contributed by atoms with Crippen molar-refractivity contribution in [2.75, 3.05) is 6.54 Å². The molecule has 0 saturated carbocycles. The number of ether oxygens (including phenoxy) is 1. The maximum Gasteiger partial charge on any atom is 0.411 e. The minimum Gasteiger partial charge on any atom is -0.480 e. The van der Waals surface area contributed by atoms with Gasteiger partial charge in [-0.15, -0.1) is 0 Å². The second-order valence-electron chi connectivity index (χ2n) is 4.65. The maximum absolute atomic E-state index is 11.9. The fraction of sp³-hybridized carbons (Fsp3) is 0.429. The van der Waals surface area contributed by atoms with Gasteiger partial charge in [0, 0.05) is 6.54 Å². The Morgan fingerprint density at radius 1 is 1.26 bits per heavy atom. The van der Waals surface area contributed by atoms with E-state index >= 15 is 0 Å². The molecule has 0 atom stereocenters. The number of carbonyl (C=O) groups excluding carboxylic acids is 1. The van der Waals surface area contributed by atoms with Crippen LogP contribution in [-0.4, -0.2) is 34.2 Å². The van der Waals surface area contributed by atoms with Gasteiger partial charge in [0.2, 0.25) is 0 Å². The molecule has 1 rings (SSSR count). The van der Waals surface area contributed by atoms with Gasteiger partial charge in [0.05, 0.1) is 0 Å². The molecule has 0 aliphatic carbocycles. The number of nitrogens with zero attached hydrogens (tertiary/aromatic N) is 1. The van der Waals surface area contributed by atoms with E-state index in [-0.39, 0.29) is 13.2 Å². The number of carbonyl (C=O) groups is 2. The van der Waals surface area contributed by atoms with E-state index in [1.165, 1.54) is 18.7 Å². The molecule has 0 fully saturated rings. The van der Waals surface area contributed by atoms with Crippen molar-refractivity contribution in [2.24, 2.45) is 0 Å². The number of carboxylic acids is 1. The van der Waals surface area contributed by atoms with Crippen molar-refractivity contribution in [3.05, 3.63) is 35.9 Å². The number of carboxylic acid groups (broad SMARTS) is 1. The summed E-state index contributed by atoms with van der Waals surface area (Å²) in [6.45, 7) is 5.07. The Bertz CT molecular complexity index is 442. The SMILES string of the molecule is CCN(C(=O)OCc1ccccc1)C(C)(C)C(=O)O. The summed E-state index contributed by atoms with van der Waals surface area (Å²) in [6.07, 6.45) is -0.626. The quantitative estimate of drug-likeness (QED) is 0.888. The molecule has 1 aromatic carbocycles. The first-order valence-electron chi connectivity index (χ1n) is 6.11. The van der Waals surface area contributed by atoms with Gasteiger partial charge in [-0.1, -0.05) is 30.3 Å². The van der Waals surface area contributed by atoms with Crippen molar-refractivity contribution in [3.63, 3.8) is 0 Å². The highest BCUT2D eigenvalue weighted by atomic mass is 16.6. The van der Waals surface area contributed by atoms with E-state index in [1.807, 2.05) is 30.3 Å². The average molecular weight is 265 g/mol. The van der Waals surface area contributed by atoms with Crippen molar-refractivity contribution in [3.8, 4) is 0 Å². The van der Waals surface area contributed by atoms with Crippen LogP contribution in [0.5, 0.6) is 0 Å². The van der Waals surface area contributed by atoms with Crippen molar-refractivity contribution >= 4 is 12.1 Å². The van der Waals surface area contributed by atoms with Gasteiger partial charge in [-0.25, -0.2) is 9.59 Å². The molecule has 0 spiro atoms. The molecule has 1 amide bonds. The standard InChI is InChI=1S/C14H19NO4/c1-4-15(14(2,3)12(16)17)13(18)19-10-11-8-6-5-7-9-11/h5-9H,4,10H2,1-3H3,(H,16,17). The number of hydrogen-bond donors (Lipinski definition) is 1. The number of aliphatic carboxylic acids is 1. The van der Waals surface area contributed by atoms with Crippen molar-refractivity contribution in [1.82, 2.24) is 4.90 Å². The van der Waals surface area contributed by atoms with Gasteiger partial charge >= 0.3 is 12.1 Å². The Morgan fingerprint density at radius 2 is 1.84 bits per heavy atom. The molecule has 0 unspecified atom stereocenters. The molecule has 0 aliphatic heterocycles. The van der Waals surface area contributed by atoms with E-state index in [2.05, 4.69) is 0 Å². The predicted molar refractivity (Wildman–Crippen MR) is 70.7 cm³/mol. The first kappa shape index (κ1) is 15.0. The van der Waals surface area contributed by atoms with Gasteiger partial charge < -0.3 is 9.84 Å². The molecular weight excluding hydrogens is 246 g/mol. The Labute approximate surface area is 112 Å². The first-order chi connectivity index (χ1) is 8.89. The van der Waals surface area contributed by atoms with Gasteiger partial charge in [0.1, 0.15) is 12.1 Å². The van der Waals surface area contributed by atoms with Gasteiger partial charge in [0.15, 0.2) is 0 Å². The van der Waals surface area contributed by atoms with E-state index in [0.29, 0.717) is 0 Å². The number of likely N-dealkylation sites (N-methyl/N-ethyl adjacent to an activating group) is 1. The van der Waals surface area contributed by atoms with E-state index in [1.54, 1.807) is 6.92 Å². The number of hydrogen-bond acceptors (Lipinski definition) is 3. The Morgan fingerprint density at radius 3 is 2.32 bits per heavy atom. The molecule has 5 heteroatoms. The van der Waals surface area contributed by atoms with Gasteiger partial charge in [-0.2, -0.15) is 0 Å². The third-order valence-corrected chi connectivity index (χ3v) is 2.94. The summed E-state index contributed by atoms with van der Waals surface area (Å²) < 4.78 is 5.14. The normalized spacial score (nSPS) is 10.9. The third-order valence-electron chi connectivity index (χ3n) is 2.94. The lowest BCUT2D eigenvalue weighted by Gasteiger charge is -2.33. The summed E-state index contributed by atoms with van der Waals surface area (Å²) in [5.74, 6) is -1.06. The van der Waals surface area contributed by atoms with E-state index in [4.69, 9.17) is 9.84 Å². The zero-order valence-corrected chi connectivity index (χ0v) is 11.4. The highest BCUT2D eigenvalue weighted by Gasteiger charge is 2.37.